The van der Waals surface area contributed by atoms with Crippen molar-refractivity contribution in [3.63, 3.8) is 0 Å². The maximum absolute atomic E-state index is 3.45. The zero-order chi connectivity index (χ0) is 6.69. The lowest BCUT2D eigenvalue weighted by molar-refractivity contribution is 0.209. The number of piperazine rings is 1. The molecule has 0 aromatic rings. The molecule has 0 spiro atoms. The maximum Gasteiger partial charge on any atom is 0.0221 e. The SMILES string of the molecule is CCN1CCN(Br)CC1. The molecule has 3 heteroatoms. The van der Waals surface area contributed by atoms with E-state index in [1.165, 1.54) is 19.6 Å². The fourth-order valence-corrected chi connectivity index (χ4v) is 1.36. The average Bonchev–Trinajstić information content (AvgIpc) is 1.90. The summed E-state index contributed by atoms with van der Waals surface area (Å²) in [7, 11) is 0. The summed E-state index contributed by atoms with van der Waals surface area (Å²) in [6.45, 7) is 8.15. The molecule has 1 fully saturated rings. The second-order valence-electron chi connectivity index (χ2n) is 2.34. The third-order valence-electron chi connectivity index (χ3n) is 1.76. The first-order valence-corrected chi connectivity index (χ1v) is 4.17. The summed E-state index contributed by atoms with van der Waals surface area (Å²) in [4.78, 5) is 2.46. The molecule has 0 N–H and O–H groups in total. The molecule has 0 saturated carbocycles. The molecule has 0 amide bonds. The molecule has 0 aromatic carbocycles. The molecule has 1 rings (SSSR count). The highest BCUT2D eigenvalue weighted by Crippen LogP contribution is 2.04. The van der Waals surface area contributed by atoms with Gasteiger partial charge in [0.2, 0.25) is 0 Å². The molecule has 1 saturated heterocycles. The van der Waals surface area contributed by atoms with E-state index in [0.29, 0.717) is 0 Å². The van der Waals surface area contributed by atoms with Crippen LogP contribution in [0.4, 0.5) is 0 Å². The normalized spacial score (nSPS) is 24.7. The van der Waals surface area contributed by atoms with Crippen molar-refractivity contribution >= 4 is 16.1 Å². The molecule has 1 aliphatic rings. The van der Waals surface area contributed by atoms with Crippen LogP contribution in [0, 0.1) is 0 Å². The van der Waals surface area contributed by atoms with Gasteiger partial charge in [-0.3, -0.25) is 0 Å². The van der Waals surface area contributed by atoms with Crippen LogP contribution >= 0.6 is 16.1 Å². The molecule has 9 heavy (non-hydrogen) atoms. The van der Waals surface area contributed by atoms with E-state index >= 15 is 0 Å². The van der Waals surface area contributed by atoms with E-state index in [9.17, 15) is 0 Å². The van der Waals surface area contributed by atoms with Crippen molar-refractivity contribution in [1.82, 2.24) is 8.83 Å². The van der Waals surface area contributed by atoms with Crippen LogP contribution in [0.2, 0.25) is 0 Å². The largest absolute Gasteiger partial charge is 0.301 e. The quantitative estimate of drug-likeness (QED) is 0.571. The first-order chi connectivity index (χ1) is 4.33. The van der Waals surface area contributed by atoms with Gasteiger partial charge in [-0.1, -0.05) is 6.92 Å². The first kappa shape index (κ1) is 7.51. The minimum absolute atomic E-state index is 1.16. The van der Waals surface area contributed by atoms with Crippen molar-refractivity contribution in [3.8, 4) is 0 Å². The molecule has 54 valence electrons. The molecule has 2 nitrogen and oxygen atoms in total. The van der Waals surface area contributed by atoms with Gasteiger partial charge >= 0.3 is 0 Å². The van der Waals surface area contributed by atoms with Crippen LogP contribution in [0.5, 0.6) is 0 Å². The van der Waals surface area contributed by atoms with Crippen molar-refractivity contribution in [2.45, 2.75) is 6.92 Å². The lowest BCUT2D eigenvalue weighted by Crippen LogP contribution is -2.41. The Morgan fingerprint density at radius 1 is 1.22 bits per heavy atom. The van der Waals surface area contributed by atoms with Gasteiger partial charge in [0.25, 0.3) is 0 Å². The summed E-state index contributed by atoms with van der Waals surface area (Å²) in [5.41, 5.74) is 0. The topological polar surface area (TPSA) is 6.48 Å². The summed E-state index contributed by atoms with van der Waals surface area (Å²) in [5, 5.41) is 0. The zero-order valence-electron chi connectivity index (χ0n) is 5.81. The van der Waals surface area contributed by atoms with Crippen LogP contribution in [-0.2, 0) is 0 Å². The second-order valence-corrected chi connectivity index (χ2v) is 3.35. The number of hydrogen-bond acceptors (Lipinski definition) is 2. The fraction of sp³-hybridized carbons (Fsp3) is 1.00. The second kappa shape index (κ2) is 3.54. The lowest BCUT2D eigenvalue weighted by Gasteiger charge is -2.29. The Morgan fingerprint density at radius 2 is 1.78 bits per heavy atom. The molecule has 0 atom stereocenters. The van der Waals surface area contributed by atoms with Crippen LogP contribution in [0.15, 0.2) is 0 Å². The summed E-state index contributed by atoms with van der Waals surface area (Å²) in [5.74, 6) is 0. The molecule has 0 bridgehead atoms. The Balaban J connectivity index is 2.18. The van der Waals surface area contributed by atoms with Gasteiger partial charge in [0.05, 0.1) is 0 Å². The van der Waals surface area contributed by atoms with Crippen LogP contribution < -0.4 is 0 Å². The minimum Gasteiger partial charge on any atom is -0.301 e. The van der Waals surface area contributed by atoms with Crippen LogP contribution in [0.3, 0.4) is 0 Å². The predicted molar refractivity (Wildman–Crippen MR) is 42.6 cm³/mol. The van der Waals surface area contributed by atoms with E-state index in [1.807, 2.05) is 0 Å². The Bertz CT molecular complexity index is 79.1. The number of rotatable bonds is 1. The van der Waals surface area contributed by atoms with E-state index in [1.54, 1.807) is 0 Å². The molecule has 0 aromatic heterocycles. The van der Waals surface area contributed by atoms with Crippen molar-refractivity contribution in [2.24, 2.45) is 0 Å². The highest BCUT2D eigenvalue weighted by molar-refractivity contribution is 9.07. The van der Waals surface area contributed by atoms with Crippen molar-refractivity contribution in [2.75, 3.05) is 32.7 Å². The highest BCUT2D eigenvalue weighted by atomic mass is 79.9. The van der Waals surface area contributed by atoms with Crippen LogP contribution in [0.1, 0.15) is 6.92 Å². The van der Waals surface area contributed by atoms with Crippen LogP contribution in [-0.4, -0.2) is 41.5 Å². The van der Waals surface area contributed by atoms with Crippen LogP contribution in [0.25, 0.3) is 0 Å². The molecule has 0 aliphatic carbocycles. The highest BCUT2D eigenvalue weighted by Gasteiger charge is 2.11. The first-order valence-electron chi connectivity index (χ1n) is 3.46. The van der Waals surface area contributed by atoms with Gasteiger partial charge in [-0.15, -0.1) is 0 Å². The van der Waals surface area contributed by atoms with E-state index in [2.05, 4.69) is 31.9 Å². The minimum atomic E-state index is 1.16. The van der Waals surface area contributed by atoms with Gasteiger partial charge in [-0.05, 0) is 6.54 Å². The van der Waals surface area contributed by atoms with Gasteiger partial charge in [0.15, 0.2) is 0 Å². The lowest BCUT2D eigenvalue weighted by atomic mass is 10.4. The Morgan fingerprint density at radius 3 is 2.22 bits per heavy atom. The van der Waals surface area contributed by atoms with Gasteiger partial charge < -0.3 is 4.90 Å². The third-order valence-corrected chi connectivity index (χ3v) is 2.47. The standard InChI is InChI=1S/C6H13BrN2/c1-2-8-3-5-9(7)6-4-8/h2-6H2,1H3. The predicted octanol–water partition coefficient (Wildman–Crippen LogP) is 0.934. The number of nitrogens with zero attached hydrogens (tertiary/aromatic N) is 2. The Kier molecular flexibility index (Phi) is 2.95. The van der Waals surface area contributed by atoms with Gasteiger partial charge in [0, 0.05) is 42.3 Å². The van der Waals surface area contributed by atoms with Gasteiger partial charge in [-0.25, -0.2) is 3.93 Å². The molecule has 1 aliphatic heterocycles. The van der Waals surface area contributed by atoms with E-state index < -0.39 is 0 Å². The summed E-state index contributed by atoms with van der Waals surface area (Å²) in [6, 6.07) is 0. The molecule has 0 unspecified atom stereocenters. The zero-order valence-corrected chi connectivity index (χ0v) is 7.39. The summed E-state index contributed by atoms with van der Waals surface area (Å²) >= 11 is 3.45. The fourth-order valence-electron chi connectivity index (χ4n) is 1.04. The summed E-state index contributed by atoms with van der Waals surface area (Å²) < 4.78 is 2.19. The molecule has 0 radical (unpaired) electrons. The Hall–Kier alpha value is 0.400. The van der Waals surface area contributed by atoms with E-state index in [0.717, 1.165) is 13.1 Å². The number of likely N-dealkylation sites (N-methyl/N-ethyl adjacent to an activating group) is 1. The number of halogens is 1. The smallest absolute Gasteiger partial charge is 0.0221 e. The average molecular weight is 193 g/mol. The van der Waals surface area contributed by atoms with Gasteiger partial charge in [-0.2, -0.15) is 0 Å². The number of hydrogen-bond donors (Lipinski definition) is 0. The summed E-state index contributed by atoms with van der Waals surface area (Å²) in [6.07, 6.45) is 0. The van der Waals surface area contributed by atoms with Crippen molar-refractivity contribution < 1.29 is 0 Å². The monoisotopic (exact) mass is 192 g/mol. The molecular formula is C6H13BrN2. The van der Waals surface area contributed by atoms with E-state index in [4.69, 9.17) is 0 Å². The molecule has 1 heterocycles. The Labute approximate surface area is 65.2 Å². The van der Waals surface area contributed by atoms with Gasteiger partial charge in [0.1, 0.15) is 0 Å². The molecular weight excluding hydrogens is 180 g/mol. The third kappa shape index (κ3) is 2.24. The van der Waals surface area contributed by atoms with E-state index in [-0.39, 0.29) is 0 Å². The van der Waals surface area contributed by atoms with Crippen molar-refractivity contribution in [1.29, 1.82) is 0 Å². The van der Waals surface area contributed by atoms with Crippen molar-refractivity contribution in [3.05, 3.63) is 0 Å². The maximum atomic E-state index is 3.45.